The van der Waals surface area contributed by atoms with Gasteiger partial charge in [-0.2, -0.15) is 5.10 Å². The van der Waals surface area contributed by atoms with Crippen LogP contribution in [0.25, 0.3) is 0 Å². The van der Waals surface area contributed by atoms with Crippen molar-refractivity contribution in [2.24, 2.45) is 5.84 Å². The molecule has 21 heavy (non-hydrogen) atoms. The summed E-state index contributed by atoms with van der Waals surface area (Å²) in [6.07, 6.45) is 1.27. The lowest BCUT2D eigenvalue weighted by Crippen LogP contribution is -2.31. The molecule has 0 fully saturated rings. The van der Waals surface area contributed by atoms with Gasteiger partial charge in [0.1, 0.15) is 0 Å². The summed E-state index contributed by atoms with van der Waals surface area (Å²) in [6, 6.07) is 7.89. The van der Waals surface area contributed by atoms with Gasteiger partial charge in [-0.25, -0.2) is 5.84 Å². The minimum atomic E-state index is -0.190. The highest BCUT2D eigenvalue weighted by Gasteiger charge is 2.12. The summed E-state index contributed by atoms with van der Waals surface area (Å²) in [7, 11) is 0. The summed E-state index contributed by atoms with van der Waals surface area (Å²) in [5, 5.41) is 4.61. The third-order valence-electron chi connectivity index (χ3n) is 3.84. The second kappa shape index (κ2) is 6.54. The Morgan fingerprint density at radius 1 is 1.29 bits per heavy atom. The Kier molecular flexibility index (Phi) is 4.75. The predicted molar refractivity (Wildman–Crippen MR) is 82.7 cm³/mol. The van der Waals surface area contributed by atoms with Crippen LogP contribution in [0, 0.1) is 13.8 Å². The highest BCUT2D eigenvalue weighted by atomic mass is 16.2. The van der Waals surface area contributed by atoms with Crippen LogP contribution in [-0.4, -0.2) is 15.7 Å². The van der Waals surface area contributed by atoms with E-state index < -0.39 is 0 Å². The van der Waals surface area contributed by atoms with Crippen LogP contribution >= 0.6 is 0 Å². The van der Waals surface area contributed by atoms with Gasteiger partial charge in [-0.1, -0.05) is 31.2 Å². The van der Waals surface area contributed by atoms with Crippen molar-refractivity contribution < 1.29 is 4.79 Å². The maximum absolute atomic E-state index is 11.5. The normalized spacial score (nSPS) is 10.7. The summed E-state index contributed by atoms with van der Waals surface area (Å²) in [4.78, 5) is 11.5. The minimum absolute atomic E-state index is 0.190. The molecule has 1 aromatic carbocycles. The highest BCUT2D eigenvalue weighted by molar-refractivity contribution is 5.78. The third kappa shape index (κ3) is 3.31. The van der Waals surface area contributed by atoms with Gasteiger partial charge in [0.25, 0.3) is 0 Å². The standard InChI is InChI=1S/C16H22N4O/c1-4-15-11(2)19-20(12(15)3)10-14-8-6-5-7-13(14)9-16(21)18-17/h5-8H,4,9-10,17H2,1-3H3,(H,18,21). The fraction of sp³-hybridized carbons (Fsp3) is 0.375. The van der Waals surface area contributed by atoms with Gasteiger partial charge in [0, 0.05) is 5.69 Å². The predicted octanol–water partition coefficient (Wildman–Crippen LogP) is 1.64. The zero-order valence-electron chi connectivity index (χ0n) is 12.8. The number of hydrogen-bond acceptors (Lipinski definition) is 3. The Morgan fingerprint density at radius 2 is 1.95 bits per heavy atom. The molecule has 3 N–H and O–H groups in total. The van der Waals surface area contributed by atoms with Crippen molar-refractivity contribution in [2.75, 3.05) is 0 Å². The summed E-state index contributed by atoms with van der Waals surface area (Å²) < 4.78 is 2.01. The molecule has 0 spiro atoms. The number of amides is 1. The molecule has 0 aliphatic heterocycles. The van der Waals surface area contributed by atoms with E-state index in [0.29, 0.717) is 6.54 Å². The van der Waals surface area contributed by atoms with Crippen LogP contribution in [0.4, 0.5) is 0 Å². The number of rotatable bonds is 5. The van der Waals surface area contributed by atoms with Gasteiger partial charge in [-0.05, 0) is 37.0 Å². The molecule has 0 unspecified atom stereocenters. The number of nitrogens with two attached hydrogens (primary N) is 1. The first-order valence-corrected chi connectivity index (χ1v) is 7.15. The Hall–Kier alpha value is -2.14. The first-order chi connectivity index (χ1) is 10.1. The van der Waals surface area contributed by atoms with Crippen LogP contribution in [0.2, 0.25) is 0 Å². The van der Waals surface area contributed by atoms with Crippen LogP contribution in [0.5, 0.6) is 0 Å². The molecule has 1 amide bonds. The molecule has 2 aromatic rings. The molecular weight excluding hydrogens is 264 g/mol. The van der Waals surface area contributed by atoms with Gasteiger partial charge in [-0.15, -0.1) is 0 Å². The van der Waals surface area contributed by atoms with E-state index in [0.717, 1.165) is 23.2 Å². The first-order valence-electron chi connectivity index (χ1n) is 7.15. The zero-order valence-corrected chi connectivity index (χ0v) is 12.8. The second-order valence-corrected chi connectivity index (χ2v) is 5.17. The minimum Gasteiger partial charge on any atom is -0.294 e. The van der Waals surface area contributed by atoms with Gasteiger partial charge in [-0.3, -0.25) is 14.9 Å². The molecule has 0 bridgehead atoms. The van der Waals surface area contributed by atoms with Crippen LogP contribution < -0.4 is 11.3 Å². The van der Waals surface area contributed by atoms with Gasteiger partial charge in [0.05, 0.1) is 18.7 Å². The maximum atomic E-state index is 11.5. The molecule has 0 aliphatic rings. The molecule has 5 heteroatoms. The number of hydrogen-bond donors (Lipinski definition) is 2. The Balaban J connectivity index is 2.30. The number of aromatic nitrogens is 2. The molecule has 2 rings (SSSR count). The third-order valence-corrected chi connectivity index (χ3v) is 3.84. The van der Waals surface area contributed by atoms with Crippen molar-refractivity contribution >= 4 is 5.91 Å². The fourth-order valence-electron chi connectivity index (χ4n) is 2.67. The topological polar surface area (TPSA) is 72.9 Å². The molecule has 1 aromatic heterocycles. The van der Waals surface area contributed by atoms with Gasteiger partial charge >= 0.3 is 0 Å². The Morgan fingerprint density at radius 3 is 2.52 bits per heavy atom. The van der Waals surface area contributed by atoms with E-state index in [4.69, 9.17) is 5.84 Å². The van der Waals surface area contributed by atoms with E-state index in [2.05, 4.69) is 24.4 Å². The summed E-state index contributed by atoms with van der Waals surface area (Å²) in [6.45, 7) is 6.94. The lowest BCUT2D eigenvalue weighted by molar-refractivity contribution is -0.120. The van der Waals surface area contributed by atoms with Crippen molar-refractivity contribution in [1.29, 1.82) is 0 Å². The zero-order chi connectivity index (χ0) is 15.4. The fourth-order valence-corrected chi connectivity index (χ4v) is 2.67. The Labute approximate surface area is 125 Å². The molecular formula is C16H22N4O. The highest BCUT2D eigenvalue weighted by Crippen LogP contribution is 2.17. The molecule has 0 atom stereocenters. The van der Waals surface area contributed by atoms with Crippen molar-refractivity contribution in [3.63, 3.8) is 0 Å². The van der Waals surface area contributed by atoms with Crippen molar-refractivity contribution in [3.05, 3.63) is 52.3 Å². The molecule has 0 radical (unpaired) electrons. The van der Waals surface area contributed by atoms with Crippen LogP contribution in [0.15, 0.2) is 24.3 Å². The summed E-state index contributed by atoms with van der Waals surface area (Å²) in [5.74, 6) is 4.98. The Bertz CT molecular complexity index is 646. The molecule has 0 aliphatic carbocycles. The smallest absolute Gasteiger partial charge is 0.238 e. The number of hydrazine groups is 1. The first kappa shape index (κ1) is 15.3. The van der Waals surface area contributed by atoms with Crippen LogP contribution in [-0.2, 0) is 24.2 Å². The number of aryl methyl sites for hydroxylation is 1. The molecule has 0 saturated heterocycles. The molecule has 5 nitrogen and oxygen atoms in total. The van der Waals surface area contributed by atoms with E-state index in [-0.39, 0.29) is 12.3 Å². The van der Waals surface area contributed by atoms with Crippen molar-refractivity contribution in [2.45, 2.75) is 40.2 Å². The monoisotopic (exact) mass is 286 g/mol. The number of carbonyl (C=O) groups excluding carboxylic acids is 1. The van der Waals surface area contributed by atoms with E-state index >= 15 is 0 Å². The van der Waals surface area contributed by atoms with Gasteiger partial charge in [0.2, 0.25) is 5.91 Å². The lowest BCUT2D eigenvalue weighted by Gasteiger charge is -2.10. The SMILES string of the molecule is CCc1c(C)nn(Cc2ccccc2CC(=O)NN)c1C. The summed E-state index contributed by atoms with van der Waals surface area (Å²) >= 11 is 0. The van der Waals surface area contributed by atoms with Crippen molar-refractivity contribution in [1.82, 2.24) is 15.2 Å². The summed E-state index contributed by atoms with van der Waals surface area (Å²) in [5.41, 5.74) is 7.81. The number of benzene rings is 1. The second-order valence-electron chi connectivity index (χ2n) is 5.17. The quantitative estimate of drug-likeness (QED) is 0.498. The average molecular weight is 286 g/mol. The average Bonchev–Trinajstić information content (AvgIpc) is 2.74. The number of carbonyl (C=O) groups is 1. The van der Waals surface area contributed by atoms with E-state index in [1.54, 1.807) is 0 Å². The van der Waals surface area contributed by atoms with Gasteiger partial charge < -0.3 is 0 Å². The molecule has 112 valence electrons. The largest absolute Gasteiger partial charge is 0.294 e. The van der Waals surface area contributed by atoms with E-state index in [1.807, 2.05) is 35.9 Å². The van der Waals surface area contributed by atoms with Gasteiger partial charge in [0.15, 0.2) is 0 Å². The molecule has 0 saturated carbocycles. The number of nitrogens with one attached hydrogen (secondary N) is 1. The van der Waals surface area contributed by atoms with Crippen molar-refractivity contribution in [3.8, 4) is 0 Å². The van der Waals surface area contributed by atoms with Crippen LogP contribution in [0.1, 0.15) is 35.0 Å². The van der Waals surface area contributed by atoms with E-state index in [1.165, 1.54) is 11.3 Å². The number of nitrogens with zero attached hydrogens (tertiary/aromatic N) is 2. The van der Waals surface area contributed by atoms with Crippen LogP contribution in [0.3, 0.4) is 0 Å². The lowest BCUT2D eigenvalue weighted by atomic mass is 10.0. The maximum Gasteiger partial charge on any atom is 0.238 e. The van der Waals surface area contributed by atoms with E-state index in [9.17, 15) is 4.79 Å². The molecule has 1 heterocycles.